The van der Waals surface area contributed by atoms with Crippen molar-refractivity contribution in [2.24, 2.45) is 4.99 Å². The number of hydrogen-bond acceptors (Lipinski definition) is 5. The van der Waals surface area contributed by atoms with Crippen molar-refractivity contribution in [3.8, 4) is 0 Å². The van der Waals surface area contributed by atoms with E-state index < -0.39 is 0 Å². The third-order valence-electron chi connectivity index (χ3n) is 3.32. The second-order valence-electron chi connectivity index (χ2n) is 5.44. The summed E-state index contributed by atoms with van der Waals surface area (Å²) in [4.78, 5) is 11.4. The molecule has 6 nitrogen and oxygen atoms in total. The van der Waals surface area contributed by atoms with Gasteiger partial charge in [-0.25, -0.2) is 4.98 Å². The van der Waals surface area contributed by atoms with Gasteiger partial charge in [0.05, 0.1) is 17.2 Å². The standard InChI is InChI=1S/C16H31N5OS/c1-5-17-16(18-8-7-15-13-23-14(2)20-15)19-9-11-21(3)10-6-12-22-4/h13H,5-12H2,1-4H3,(H2,17,18,19). The molecule has 0 radical (unpaired) electrons. The van der Waals surface area contributed by atoms with Gasteiger partial charge in [0.2, 0.25) is 0 Å². The highest BCUT2D eigenvalue weighted by Gasteiger charge is 2.01. The second kappa shape index (κ2) is 12.3. The number of thiazole rings is 1. The maximum atomic E-state index is 5.07. The summed E-state index contributed by atoms with van der Waals surface area (Å²) in [6.07, 6.45) is 1.98. The maximum Gasteiger partial charge on any atom is 0.191 e. The van der Waals surface area contributed by atoms with Crippen LogP contribution >= 0.6 is 11.3 Å². The lowest BCUT2D eigenvalue weighted by molar-refractivity contribution is 0.180. The van der Waals surface area contributed by atoms with Gasteiger partial charge in [-0.3, -0.25) is 4.99 Å². The fourth-order valence-electron chi connectivity index (χ4n) is 2.10. The predicted molar refractivity (Wildman–Crippen MR) is 98.5 cm³/mol. The summed E-state index contributed by atoms with van der Waals surface area (Å²) in [7, 11) is 3.86. The number of guanidine groups is 1. The summed E-state index contributed by atoms with van der Waals surface area (Å²) in [5, 5.41) is 9.90. The first-order chi connectivity index (χ1) is 11.2. The molecule has 0 unspecified atom stereocenters. The zero-order chi connectivity index (χ0) is 16.9. The topological polar surface area (TPSA) is 61.8 Å². The molecular weight excluding hydrogens is 310 g/mol. The molecule has 0 aliphatic carbocycles. The Labute approximate surface area is 144 Å². The van der Waals surface area contributed by atoms with Crippen LogP contribution in [-0.2, 0) is 11.2 Å². The molecule has 0 spiro atoms. The van der Waals surface area contributed by atoms with Crippen molar-refractivity contribution in [1.82, 2.24) is 20.5 Å². The Morgan fingerprint density at radius 1 is 1.39 bits per heavy atom. The summed E-state index contributed by atoms with van der Waals surface area (Å²) >= 11 is 1.70. The minimum absolute atomic E-state index is 0.786. The number of ether oxygens (including phenoxy) is 1. The Hall–Kier alpha value is -1.18. The fraction of sp³-hybridized carbons (Fsp3) is 0.750. The normalized spacial score (nSPS) is 12.0. The molecule has 7 heteroatoms. The summed E-state index contributed by atoms with van der Waals surface area (Å²) in [5.41, 5.74) is 1.15. The minimum Gasteiger partial charge on any atom is -0.385 e. The number of hydrogen-bond donors (Lipinski definition) is 2. The van der Waals surface area contributed by atoms with Gasteiger partial charge in [0.25, 0.3) is 0 Å². The van der Waals surface area contributed by atoms with E-state index in [2.05, 4.69) is 44.9 Å². The number of rotatable bonds is 11. The number of aliphatic imine (C=N–C) groups is 1. The van der Waals surface area contributed by atoms with Gasteiger partial charge in [0.1, 0.15) is 0 Å². The second-order valence-corrected chi connectivity index (χ2v) is 6.51. The first-order valence-corrected chi connectivity index (χ1v) is 9.14. The van der Waals surface area contributed by atoms with Gasteiger partial charge in [-0.1, -0.05) is 0 Å². The molecule has 132 valence electrons. The summed E-state index contributed by atoms with van der Waals surface area (Å²) in [6.45, 7) is 9.42. The van der Waals surface area contributed by atoms with Crippen LogP contribution in [0.4, 0.5) is 0 Å². The van der Waals surface area contributed by atoms with Crippen LogP contribution in [0.15, 0.2) is 10.4 Å². The fourth-order valence-corrected chi connectivity index (χ4v) is 2.74. The van der Waals surface area contributed by atoms with Crippen LogP contribution in [0, 0.1) is 6.92 Å². The summed E-state index contributed by atoms with van der Waals surface area (Å²) < 4.78 is 5.07. The number of nitrogens with one attached hydrogen (secondary N) is 2. The van der Waals surface area contributed by atoms with Crippen molar-refractivity contribution >= 4 is 17.3 Å². The lowest BCUT2D eigenvalue weighted by Crippen LogP contribution is -2.39. The summed E-state index contributed by atoms with van der Waals surface area (Å²) in [5.74, 6) is 0.879. The zero-order valence-electron chi connectivity index (χ0n) is 14.9. The SMILES string of the molecule is CCNC(=NCCN(C)CCCOC)NCCc1csc(C)n1. The van der Waals surface area contributed by atoms with Crippen LogP contribution in [0.3, 0.4) is 0 Å². The third-order valence-corrected chi connectivity index (χ3v) is 4.15. The van der Waals surface area contributed by atoms with Gasteiger partial charge in [0.15, 0.2) is 5.96 Å². The Morgan fingerprint density at radius 3 is 2.87 bits per heavy atom. The Balaban J connectivity index is 2.26. The summed E-state index contributed by atoms with van der Waals surface area (Å²) in [6, 6.07) is 0. The highest BCUT2D eigenvalue weighted by Crippen LogP contribution is 2.07. The van der Waals surface area contributed by atoms with Crippen LogP contribution in [0.5, 0.6) is 0 Å². The van der Waals surface area contributed by atoms with Crippen molar-refractivity contribution in [3.63, 3.8) is 0 Å². The molecule has 1 aromatic heterocycles. The van der Waals surface area contributed by atoms with E-state index in [1.165, 1.54) is 0 Å². The van der Waals surface area contributed by atoms with E-state index in [0.717, 1.165) is 68.8 Å². The zero-order valence-corrected chi connectivity index (χ0v) is 15.7. The van der Waals surface area contributed by atoms with Crippen LogP contribution in [0.1, 0.15) is 24.0 Å². The first kappa shape index (κ1) is 19.9. The van der Waals surface area contributed by atoms with Crippen LogP contribution in [0.2, 0.25) is 0 Å². The van der Waals surface area contributed by atoms with Crippen LogP contribution in [-0.4, -0.2) is 69.3 Å². The van der Waals surface area contributed by atoms with E-state index in [1.807, 2.05) is 6.92 Å². The average molecular weight is 342 g/mol. The van der Waals surface area contributed by atoms with Crippen molar-refractivity contribution < 1.29 is 4.74 Å². The molecule has 0 amide bonds. The van der Waals surface area contributed by atoms with Gasteiger partial charge >= 0.3 is 0 Å². The molecule has 0 aliphatic heterocycles. The highest BCUT2D eigenvalue weighted by molar-refractivity contribution is 7.09. The number of nitrogens with zero attached hydrogens (tertiary/aromatic N) is 3. The van der Waals surface area contributed by atoms with Gasteiger partial charge in [-0.2, -0.15) is 0 Å². The van der Waals surface area contributed by atoms with Crippen LogP contribution in [0.25, 0.3) is 0 Å². The molecule has 0 fully saturated rings. The Kier molecular flexibility index (Phi) is 10.6. The van der Waals surface area contributed by atoms with Crippen molar-refractivity contribution in [3.05, 3.63) is 16.1 Å². The van der Waals surface area contributed by atoms with Crippen molar-refractivity contribution in [2.75, 3.05) is 53.5 Å². The van der Waals surface area contributed by atoms with E-state index in [4.69, 9.17) is 4.74 Å². The van der Waals surface area contributed by atoms with E-state index in [9.17, 15) is 0 Å². The molecule has 0 atom stereocenters. The lowest BCUT2D eigenvalue weighted by Gasteiger charge is -2.16. The molecule has 1 rings (SSSR count). The molecule has 1 heterocycles. The highest BCUT2D eigenvalue weighted by atomic mass is 32.1. The molecule has 2 N–H and O–H groups in total. The molecule has 0 bridgehead atoms. The van der Waals surface area contributed by atoms with Gasteiger partial charge in [0, 0.05) is 51.7 Å². The van der Waals surface area contributed by atoms with E-state index in [0.29, 0.717) is 0 Å². The molecule has 0 saturated heterocycles. The monoisotopic (exact) mass is 341 g/mol. The van der Waals surface area contributed by atoms with E-state index in [-0.39, 0.29) is 0 Å². The molecule has 0 aliphatic rings. The third kappa shape index (κ3) is 9.53. The Morgan fingerprint density at radius 2 is 2.22 bits per heavy atom. The molecule has 0 aromatic carbocycles. The predicted octanol–water partition coefficient (Wildman–Crippen LogP) is 1.52. The van der Waals surface area contributed by atoms with E-state index >= 15 is 0 Å². The Bertz CT molecular complexity index is 449. The minimum atomic E-state index is 0.786. The average Bonchev–Trinajstić information content (AvgIpc) is 2.93. The van der Waals surface area contributed by atoms with Gasteiger partial charge in [-0.15, -0.1) is 11.3 Å². The first-order valence-electron chi connectivity index (χ1n) is 8.26. The molecular formula is C16H31N5OS. The lowest BCUT2D eigenvalue weighted by atomic mass is 10.3. The van der Waals surface area contributed by atoms with Crippen molar-refractivity contribution in [2.45, 2.75) is 26.7 Å². The smallest absolute Gasteiger partial charge is 0.191 e. The molecule has 0 saturated carbocycles. The van der Waals surface area contributed by atoms with Gasteiger partial charge in [-0.05, 0) is 27.3 Å². The number of likely N-dealkylation sites (N-methyl/N-ethyl adjacent to an activating group) is 1. The maximum absolute atomic E-state index is 5.07. The quantitative estimate of drug-likeness (QED) is 0.363. The van der Waals surface area contributed by atoms with Crippen LogP contribution < -0.4 is 10.6 Å². The number of aryl methyl sites for hydroxylation is 1. The van der Waals surface area contributed by atoms with Crippen molar-refractivity contribution in [1.29, 1.82) is 0 Å². The molecule has 1 aromatic rings. The van der Waals surface area contributed by atoms with Gasteiger partial charge < -0.3 is 20.3 Å². The number of methoxy groups -OCH3 is 1. The largest absolute Gasteiger partial charge is 0.385 e. The van der Waals surface area contributed by atoms with E-state index in [1.54, 1.807) is 18.4 Å². The number of aromatic nitrogens is 1. The molecule has 23 heavy (non-hydrogen) atoms.